The zero-order valence-electron chi connectivity index (χ0n) is 8.73. The van der Waals surface area contributed by atoms with Gasteiger partial charge >= 0.3 is 5.97 Å². The Balaban J connectivity index is 2.25. The molecular formula is C11H11BrO4. The Bertz CT molecular complexity index is 399. The number of benzene rings is 1. The van der Waals surface area contributed by atoms with Crippen LogP contribution in [0.5, 0.6) is 0 Å². The van der Waals surface area contributed by atoms with Crippen LogP contribution < -0.4 is 0 Å². The number of esters is 1. The first kappa shape index (κ1) is 11.6. The molecule has 0 atom stereocenters. The van der Waals surface area contributed by atoms with Crippen LogP contribution in [0.2, 0.25) is 0 Å². The van der Waals surface area contributed by atoms with Crippen molar-refractivity contribution < 1.29 is 19.0 Å². The monoisotopic (exact) mass is 286 g/mol. The molecule has 5 heteroatoms. The summed E-state index contributed by atoms with van der Waals surface area (Å²) in [5.41, 5.74) is 1.38. The maximum absolute atomic E-state index is 11.4. The molecule has 1 aliphatic heterocycles. The largest absolute Gasteiger partial charge is 0.465 e. The van der Waals surface area contributed by atoms with E-state index in [-0.39, 0.29) is 12.3 Å². The molecule has 0 saturated carbocycles. The van der Waals surface area contributed by atoms with Gasteiger partial charge in [0.15, 0.2) is 6.29 Å². The topological polar surface area (TPSA) is 44.8 Å². The molecule has 4 nitrogen and oxygen atoms in total. The molecule has 0 radical (unpaired) electrons. The van der Waals surface area contributed by atoms with Gasteiger partial charge in [0.1, 0.15) is 0 Å². The summed E-state index contributed by atoms with van der Waals surface area (Å²) < 4.78 is 16.1. The quantitative estimate of drug-likeness (QED) is 0.783. The average molecular weight is 287 g/mol. The van der Waals surface area contributed by atoms with Crippen LogP contribution >= 0.6 is 15.9 Å². The number of hydrogen-bond acceptors (Lipinski definition) is 4. The minimum absolute atomic E-state index is 0.331. The zero-order valence-corrected chi connectivity index (χ0v) is 10.3. The highest BCUT2D eigenvalue weighted by molar-refractivity contribution is 9.10. The van der Waals surface area contributed by atoms with Crippen molar-refractivity contribution in [3.05, 3.63) is 33.8 Å². The molecule has 86 valence electrons. The van der Waals surface area contributed by atoms with Gasteiger partial charge in [0.25, 0.3) is 0 Å². The highest BCUT2D eigenvalue weighted by Crippen LogP contribution is 2.27. The molecule has 16 heavy (non-hydrogen) atoms. The van der Waals surface area contributed by atoms with Gasteiger partial charge in [-0.25, -0.2) is 4.79 Å². The minimum atomic E-state index is -0.369. The molecule has 1 heterocycles. The Morgan fingerprint density at radius 1 is 1.44 bits per heavy atom. The van der Waals surface area contributed by atoms with Crippen LogP contribution in [-0.4, -0.2) is 26.3 Å². The van der Waals surface area contributed by atoms with Crippen LogP contribution in [0.4, 0.5) is 0 Å². The van der Waals surface area contributed by atoms with E-state index in [1.54, 1.807) is 12.1 Å². The molecule has 0 aliphatic carbocycles. The van der Waals surface area contributed by atoms with Crippen molar-refractivity contribution in [1.82, 2.24) is 0 Å². The standard InChI is InChI=1S/C11H11BrO4/c1-14-10(13)8-3-2-7(6-9(8)12)11-15-4-5-16-11/h2-3,6,11H,4-5H2,1H3. The molecular weight excluding hydrogens is 276 g/mol. The molecule has 1 saturated heterocycles. The van der Waals surface area contributed by atoms with Crippen molar-refractivity contribution >= 4 is 21.9 Å². The Morgan fingerprint density at radius 3 is 2.69 bits per heavy atom. The molecule has 0 spiro atoms. The van der Waals surface area contributed by atoms with Gasteiger partial charge in [-0.1, -0.05) is 6.07 Å². The van der Waals surface area contributed by atoms with Gasteiger partial charge in [-0.2, -0.15) is 0 Å². The fourth-order valence-corrected chi connectivity index (χ4v) is 2.06. The first-order chi connectivity index (χ1) is 7.72. The van der Waals surface area contributed by atoms with E-state index in [0.29, 0.717) is 23.2 Å². The van der Waals surface area contributed by atoms with Crippen molar-refractivity contribution in [3.63, 3.8) is 0 Å². The van der Waals surface area contributed by atoms with E-state index < -0.39 is 0 Å². The number of carbonyl (C=O) groups excluding carboxylic acids is 1. The lowest BCUT2D eigenvalue weighted by atomic mass is 10.1. The predicted molar refractivity (Wildman–Crippen MR) is 60.1 cm³/mol. The SMILES string of the molecule is COC(=O)c1ccc(C2OCCO2)cc1Br. The molecule has 1 fully saturated rings. The molecule has 1 aromatic rings. The second kappa shape index (κ2) is 4.95. The van der Waals surface area contributed by atoms with Gasteiger partial charge < -0.3 is 14.2 Å². The maximum atomic E-state index is 11.4. The lowest BCUT2D eigenvalue weighted by molar-refractivity contribution is -0.0441. The van der Waals surface area contributed by atoms with E-state index in [2.05, 4.69) is 20.7 Å². The number of halogens is 1. The third-order valence-corrected chi connectivity index (χ3v) is 2.95. The van der Waals surface area contributed by atoms with Gasteiger partial charge in [0.05, 0.1) is 25.9 Å². The first-order valence-corrected chi connectivity index (χ1v) is 5.62. The van der Waals surface area contributed by atoms with Crippen molar-refractivity contribution in [2.75, 3.05) is 20.3 Å². The molecule has 1 aliphatic rings. The molecule has 0 aromatic heterocycles. The summed E-state index contributed by atoms with van der Waals surface area (Å²) in [5, 5.41) is 0. The molecule has 0 N–H and O–H groups in total. The number of hydrogen-bond donors (Lipinski definition) is 0. The van der Waals surface area contributed by atoms with Crippen molar-refractivity contribution in [2.24, 2.45) is 0 Å². The Hall–Kier alpha value is -0.910. The number of ether oxygens (including phenoxy) is 3. The number of methoxy groups -OCH3 is 1. The highest BCUT2D eigenvalue weighted by atomic mass is 79.9. The summed E-state index contributed by atoms with van der Waals surface area (Å²) in [6, 6.07) is 5.30. The molecule has 0 bridgehead atoms. The molecule has 1 aromatic carbocycles. The number of carbonyl (C=O) groups is 1. The van der Waals surface area contributed by atoms with Crippen LogP contribution in [0.1, 0.15) is 22.2 Å². The van der Waals surface area contributed by atoms with Crippen LogP contribution in [0.15, 0.2) is 22.7 Å². The minimum Gasteiger partial charge on any atom is -0.465 e. The van der Waals surface area contributed by atoms with Gasteiger partial charge in [-0.15, -0.1) is 0 Å². The molecule has 0 unspecified atom stereocenters. The first-order valence-electron chi connectivity index (χ1n) is 4.83. The third kappa shape index (κ3) is 2.26. The summed E-state index contributed by atoms with van der Waals surface area (Å²) in [6.45, 7) is 1.20. The fraction of sp³-hybridized carbons (Fsp3) is 0.364. The van der Waals surface area contributed by atoms with E-state index in [0.717, 1.165) is 5.56 Å². The van der Waals surface area contributed by atoms with Crippen LogP contribution in [-0.2, 0) is 14.2 Å². The lowest BCUT2D eigenvalue weighted by Gasteiger charge is -2.11. The van der Waals surface area contributed by atoms with Crippen LogP contribution in [0.3, 0.4) is 0 Å². The molecule has 2 rings (SSSR count). The van der Waals surface area contributed by atoms with E-state index in [9.17, 15) is 4.79 Å². The zero-order chi connectivity index (χ0) is 11.5. The van der Waals surface area contributed by atoms with Gasteiger partial charge in [-0.3, -0.25) is 0 Å². The van der Waals surface area contributed by atoms with Gasteiger partial charge in [0, 0.05) is 10.0 Å². The predicted octanol–water partition coefficient (Wildman–Crippen LogP) is 2.28. The fourth-order valence-electron chi connectivity index (χ4n) is 1.50. The summed E-state index contributed by atoms with van der Waals surface area (Å²) >= 11 is 3.32. The van der Waals surface area contributed by atoms with Gasteiger partial charge in [-0.05, 0) is 28.1 Å². The second-order valence-electron chi connectivity index (χ2n) is 3.30. The van der Waals surface area contributed by atoms with Gasteiger partial charge in [0.2, 0.25) is 0 Å². The van der Waals surface area contributed by atoms with Crippen LogP contribution in [0.25, 0.3) is 0 Å². The highest BCUT2D eigenvalue weighted by Gasteiger charge is 2.20. The second-order valence-corrected chi connectivity index (χ2v) is 4.16. The lowest BCUT2D eigenvalue weighted by Crippen LogP contribution is -2.04. The van der Waals surface area contributed by atoms with E-state index in [4.69, 9.17) is 9.47 Å². The van der Waals surface area contributed by atoms with Crippen molar-refractivity contribution in [3.8, 4) is 0 Å². The van der Waals surface area contributed by atoms with Crippen molar-refractivity contribution in [2.45, 2.75) is 6.29 Å². The Morgan fingerprint density at radius 2 is 2.12 bits per heavy atom. The summed E-state index contributed by atoms with van der Waals surface area (Å²) in [7, 11) is 1.35. The molecule has 0 amide bonds. The number of rotatable bonds is 2. The van der Waals surface area contributed by atoms with E-state index in [1.807, 2.05) is 6.07 Å². The maximum Gasteiger partial charge on any atom is 0.339 e. The Kier molecular flexibility index (Phi) is 3.58. The van der Waals surface area contributed by atoms with E-state index in [1.165, 1.54) is 7.11 Å². The van der Waals surface area contributed by atoms with Crippen LogP contribution in [0, 0.1) is 0 Å². The smallest absolute Gasteiger partial charge is 0.339 e. The van der Waals surface area contributed by atoms with E-state index >= 15 is 0 Å². The third-order valence-electron chi connectivity index (χ3n) is 2.29. The average Bonchev–Trinajstić information content (AvgIpc) is 2.81. The summed E-state index contributed by atoms with van der Waals surface area (Å²) in [4.78, 5) is 11.4. The van der Waals surface area contributed by atoms with Crippen molar-refractivity contribution in [1.29, 1.82) is 0 Å². The summed E-state index contributed by atoms with van der Waals surface area (Å²) in [6.07, 6.45) is -0.331. The normalized spacial score (nSPS) is 16.4. The summed E-state index contributed by atoms with van der Waals surface area (Å²) in [5.74, 6) is -0.369. The Labute approximate surface area is 102 Å².